The average Bonchev–Trinajstić information content (AvgIpc) is 3.02. The maximum absolute atomic E-state index is 11.2. The molecule has 0 bridgehead atoms. The maximum atomic E-state index is 11.2. The molecule has 0 unspecified atom stereocenters. The first-order valence-corrected chi connectivity index (χ1v) is 8.65. The molecular formula is C22H17N5O. The van der Waals surface area contributed by atoms with E-state index in [1.54, 1.807) is 30.3 Å². The number of nitrogen functional groups attached to an aromatic ring is 1. The number of anilines is 1. The topological polar surface area (TPSA) is 99.3 Å². The SMILES string of the molecule is Cc1nc2ccccn2c1-c1ccc(N)nc1C#Cc1ccc(C(N)=O)cc1. The lowest BCUT2D eigenvalue weighted by Gasteiger charge is -2.06. The van der Waals surface area contributed by atoms with Crippen molar-refractivity contribution in [3.8, 4) is 23.1 Å². The van der Waals surface area contributed by atoms with Gasteiger partial charge in [-0.1, -0.05) is 12.0 Å². The molecule has 0 saturated carbocycles. The molecule has 0 spiro atoms. The maximum Gasteiger partial charge on any atom is 0.248 e. The molecule has 0 saturated heterocycles. The van der Waals surface area contributed by atoms with E-state index < -0.39 is 5.91 Å². The van der Waals surface area contributed by atoms with E-state index in [4.69, 9.17) is 11.5 Å². The summed E-state index contributed by atoms with van der Waals surface area (Å²) < 4.78 is 2.01. The van der Waals surface area contributed by atoms with Crippen LogP contribution < -0.4 is 11.5 Å². The first kappa shape index (κ1) is 17.3. The van der Waals surface area contributed by atoms with E-state index >= 15 is 0 Å². The lowest BCUT2D eigenvalue weighted by molar-refractivity contribution is 0.100. The van der Waals surface area contributed by atoms with E-state index in [-0.39, 0.29) is 0 Å². The molecular weight excluding hydrogens is 350 g/mol. The largest absolute Gasteiger partial charge is 0.384 e. The molecule has 1 aromatic carbocycles. The van der Waals surface area contributed by atoms with Crippen LogP contribution in [0.15, 0.2) is 60.8 Å². The molecule has 0 fully saturated rings. The van der Waals surface area contributed by atoms with Crippen molar-refractivity contribution in [2.75, 3.05) is 5.73 Å². The number of hydrogen-bond donors (Lipinski definition) is 2. The third-order valence-electron chi connectivity index (χ3n) is 4.37. The average molecular weight is 367 g/mol. The first-order chi connectivity index (χ1) is 13.5. The van der Waals surface area contributed by atoms with Gasteiger partial charge in [-0.05, 0) is 61.4 Å². The molecule has 4 N–H and O–H groups in total. The third kappa shape index (κ3) is 3.17. The van der Waals surface area contributed by atoms with E-state index in [0.717, 1.165) is 28.2 Å². The van der Waals surface area contributed by atoms with Gasteiger partial charge in [-0.15, -0.1) is 0 Å². The number of carbonyl (C=O) groups is 1. The Kier molecular flexibility index (Phi) is 4.26. The Labute approximate surface area is 161 Å². The Balaban J connectivity index is 1.82. The minimum absolute atomic E-state index is 0.392. The molecule has 3 aromatic heterocycles. The van der Waals surface area contributed by atoms with Crippen molar-refractivity contribution in [3.05, 3.63) is 83.3 Å². The molecule has 1 amide bonds. The van der Waals surface area contributed by atoms with Crippen LogP contribution in [-0.2, 0) is 0 Å². The van der Waals surface area contributed by atoms with Gasteiger partial charge in [0.15, 0.2) is 0 Å². The second-order valence-corrected chi connectivity index (χ2v) is 6.30. The van der Waals surface area contributed by atoms with Gasteiger partial charge in [-0.3, -0.25) is 9.20 Å². The number of rotatable bonds is 2. The third-order valence-corrected chi connectivity index (χ3v) is 4.37. The Morgan fingerprint density at radius 2 is 1.79 bits per heavy atom. The van der Waals surface area contributed by atoms with Gasteiger partial charge >= 0.3 is 0 Å². The van der Waals surface area contributed by atoms with E-state index in [0.29, 0.717) is 17.1 Å². The van der Waals surface area contributed by atoms with E-state index in [9.17, 15) is 4.79 Å². The highest BCUT2D eigenvalue weighted by Crippen LogP contribution is 2.27. The number of nitrogens with two attached hydrogens (primary N) is 2. The zero-order chi connectivity index (χ0) is 19.7. The summed E-state index contributed by atoms with van der Waals surface area (Å²) in [7, 11) is 0. The number of carbonyl (C=O) groups excluding carboxylic acids is 1. The minimum Gasteiger partial charge on any atom is -0.384 e. The zero-order valence-corrected chi connectivity index (χ0v) is 15.2. The number of amides is 1. The van der Waals surface area contributed by atoms with Crippen molar-refractivity contribution in [1.29, 1.82) is 0 Å². The summed E-state index contributed by atoms with van der Waals surface area (Å²) in [5, 5.41) is 0. The van der Waals surface area contributed by atoms with E-state index in [1.807, 2.05) is 41.8 Å². The Morgan fingerprint density at radius 1 is 1.00 bits per heavy atom. The van der Waals surface area contributed by atoms with Crippen LogP contribution in [0.25, 0.3) is 16.9 Å². The highest BCUT2D eigenvalue weighted by atomic mass is 16.1. The van der Waals surface area contributed by atoms with Gasteiger partial charge in [0.25, 0.3) is 0 Å². The molecule has 6 heteroatoms. The second-order valence-electron chi connectivity index (χ2n) is 6.30. The molecule has 4 aromatic rings. The summed E-state index contributed by atoms with van der Waals surface area (Å²) >= 11 is 0. The van der Waals surface area contributed by atoms with Crippen LogP contribution in [0.4, 0.5) is 5.82 Å². The smallest absolute Gasteiger partial charge is 0.248 e. The van der Waals surface area contributed by atoms with Gasteiger partial charge in [0.2, 0.25) is 5.91 Å². The zero-order valence-electron chi connectivity index (χ0n) is 15.2. The number of pyridine rings is 2. The van der Waals surface area contributed by atoms with Crippen LogP contribution in [0.3, 0.4) is 0 Å². The van der Waals surface area contributed by atoms with Crippen molar-refractivity contribution in [2.24, 2.45) is 5.73 Å². The number of imidazole rings is 1. The fourth-order valence-electron chi connectivity index (χ4n) is 3.05. The van der Waals surface area contributed by atoms with E-state index in [2.05, 4.69) is 21.8 Å². The molecule has 0 aliphatic rings. The van der Waals surface area contributed by atoms with Crippen LogP contribution >= 0.6 is 0 Å². The number of primary amides is 1. The van der Waals surface area contributed by atoms with Gasteiger partial charge in [-0.2, -0.15) is 0 Å². The number of hydrogen-bond acceptors (Lipinski definition) is 4. The lowest BCUT2D eigenvalue weighted by atomic mass is 10.1. The van der Waals surface area contributed by atoms with Crippen molar-refractivity contribution >= 4 is 17.4 Å². The highest BCUT2D eigenvalue weighted by molar-refractivity contribution is 5.92. The molecule has 6 nitrogen and oxygen atoms in total. The van der Waals surface area contributed by atoms with Gasteiger partial charge < -0.3 is 11.5 Å². The summed E-state index contributed by atoms with van der Waals surface area (Å²) in [6.45, 7) is 1.96. The fraction of sp³-hybridized carbons (Fsp3) is 0.0455. The molecule has 4 rings (SSSR count). The summed E-state index contributed by atoms with van der Waals surface area (Å²) in [4.78, 5) is 20.2. The molecule has 0 radical (unpaired) electrons. The molecule has 28 heavy (non-hydrogen) atoms. The molecule has 0 aliphatic carbocycles. The monoisotopic (exact) mass is 367 g/mol. The molecule has 0 aliphatic heterocycles. The summed E-state index contributed by atoms with van der Waals surface area (Å²) in [6.07, 6.45) is 1.96. The number of fused-ring (bicyclic) bond motifs is 1. The van der Waals surface area contributed by atoms with Crippen molar-refractivity contribution in [1.82, 2.24) is 14.4 Å². The van der Waals surface area contributed by atoms with Crippen molar-refractivity contribution in [2.45, 2.75) is 6.92 Å². The van der Waals surface area contributed by atoms with Crippen LogP contribution in [-0.4, -0.2) is 20.3 Å². The second kappa shape index (κ2) is 6.89. The Bertz CT molecular complexity index is 1260. The lowest BCUT2D eigenvalue weighted by Crippen LogP contribution is -2.10. The Morgan fingerprint density at radius 3 is 2.54 bits per heavy atom. The van der Waals surface area contributed by atoms with Gasteiger partial charge in [0.1, 0.15) is 17.2 Å². The predicted octanol–water partition coefficient (Wildman–Crippen LogP) is 2.79. The minimum atomic E-state index is -0.470. The van der Waals surface area contributed by atoms with Crippen molar-refractivity contribution < 1.29 is 4.79 Å². The highest BCUT2D eigenvalue weighted by Gasteiger charge is 2.14. The number of aromatic nitrogens is 3. The predicted molar refractivity (Wildman–Crippen MR) is 109 cm³/mol. The summed E-state index contributed by atoms with van der Waals surface area (Å²) in [5.41, 5.74) is 16.4. The summed E-state index contributed by atoms with van der Waals surface area (Å²) in [6, 6.07) is 16.3. The van der Waals surface area contributed by atoms with E-state index in [1.165, 1.54) is 0 Å². The standard InChI is InChI=1S/C22H17N5O/c1-14-21(27-13-3-2-4-20(27)25-14)17-10-12-19(23)26-18(17)11-7-15-5-8-16(9-6-15)22(24)28/h2-6,8-10,12-13H,1H3,(H2,23,26)(H2,24,28). The van der Waals surface area contributed by atoms with Crippen LogP contribution in [0, 0.1) is 18.8 Å². The quantitative estimate of drug-likeness (QED) is 0.532. The van der Waals surface area contributed by atoms with Crippen molar-refractivity contribution in [3.63, 3.8) is 0 Å². The molecule has 0 atom stereocenters. The van der Waals surface area contributed by atoms with Gasteiger partial charge in [0, 0.05) is 22.9 Å². The van der Waals surface area contributed by atoms with Crippen LogP contribution in [0.5, 0.6) is 0 Å². The number of benzene rings is 1. The van der Waals surface area contributed by atoms with Gasteiger partial charge in [-0.25, -0.2) is 9.97 Å². The Hall–Kier alpha value is -4.11. The molecule has 3 heterocycles. The van der Waals surface area contributed by atoms with Gasteiger partial charge in [0.05, 0.1) is 11.4 Å². The fourth-order valence-corrected chi connectivity index (χ4v) is 3.05. The molecule has 136 valence electrons. The summed E-state index contributed by atoms with van der Waals surface area (Å²) in [5.74, 6) is 6.10. The normalized spacial score (nSPS) is 10.5. The van der Waals surface area contributed by atoms with Crippen LogP contribution in [0.1, 0.15) is 27.3 Å². The number of aryl methyl sites for hydroxylation is 1. The van der Waals surface area contributed by atoms with Crippen LogP contribution in [0.2, 0.25) is 0 Å². The first-order valence-electron chi connectivity index (χ1n) is 8.65. The number of nitrogens with zero attached hydrogens (tertiary/aromatic N) is 3.